The second-order valence-corrected chi connectivity index (χ2v) is 8.30. The minimum absolute atomic E-state index is 0.338. The fourth-order valence-electron chi connectivity index (χ4n) is 1.94. The van der Waals surface area contributed by atoms with E-state index in [0.717, 1.165) is 18.1 Å². The van der Waals surface area contributed by atoms with Gasteiger partial charge in [0.25, 0.3) is 0 Å². The lowest BCUT2D eigenvalue weighted by Crippen LogP contribution is -2.54. The molecule has 1 saturated heterocycles. The number of unbranched alkanes of at least 4 members (excludes halogenated alkanes) is 1. The first-order valence-electron chi connectivity index (χ1n) is 7.59. The molecule has 1 aliphatic rings. The van der Waals surface area contributed by atoms with Crippen LogP contribution in [0, 0.1) is 0 Å². The molecule has 10 nitrogen and oxygen atoms in total. The standard InChI is InChI=1S/C8H14O2S2.C6H8O8/c9-8(10)4-2-1-3-7-5-6-11-12-7;7-2(8)1-6(14,5(12)13)3(9)4(10)11/h7H,1-6H2,(H,9,10);3,9,14H,1H2,(H,7,8)(H,10,11)(H,12,13). The monoisotopic (exact) mass is 414 g/mol. The van der Waals surface area contributed by atoms with Crippen molar-refractivity contribution < 1.29 is 49.8 Å². The number of aliphatic hydroxyl groups excluding tert-OH is 1. The molecule has 0 radical (unpaired) electrons. The van der Waals surface area contributed by atoms with Gasteiger partial charge in [-0.15, -0.1) is 0 Å². The highest BCUT2D eigenvalue weighted by Crippen LogP contribution is 2.39. The lowest BCUT2D eigenvalue weighted by Gasteiger charge is -2.23. The summed E-state index contributed by atoms with van der Waals surface area (Å²) >= 11 is 0. The molecule has 1 aliphatic heterocycles. The van der Waals surface area contributed by atoms with E-state index in [4.69, 9.17) is 30.6 Å². The summed E-state index contributed by atoms with van der Waals surface area (Å²) < 4.78 is 0. The summed E-state index contributed by atoms with van der Waals surface area (Å²) in [6.45, 7) is 0. The molecule has 0 bridgehead atoms. The predicted molar refractivity (Wildman–Crippen MR) is 93.0 cm³/mol. The van der Waals surface area contributed by atoms with Crippen molar-refractivity contribution in [2.45, 2.75) is 55.5 Å². The van der Waals surface area contributed by atoms with E-state index in [1.165, 1.54) is 18.6 Å². The Hall–Kier alpha value is -1.50. The Balaban J connectivity index is 0.000000485. The van der Waals surface area contributed by atoms with Crippen molar-refractivity contribution in [3.8, 4) is 0 Å². The van der Waals surface area contributed by atoms with Gasteiger partial charge >= 0.3 is 23.9 Å². The highest BCUT2D eigenvalue weighted by atomic mass is 33.1. The zero-order valence-electron chi connectivity index (χ0n) is 13.7. The molecule has 0 amide bonds. The Bertz CT molecular complexity index is 506. The fourth-order valence-corrected chi connectivity index (χ4v) is 4.96. The van der Waals surface area contributed by atoms with Crippen LogP contribution < -0.4 is 0 Å². The van der Waals surface area contributed by atoms with Gasteiger partial charge in [0.05, 0.1) is 6.42 Å². The number of rotatable bonds is 10. The number of carbonyl (C=O) groups is 4. The van der Waals surface area contributed by atoms with Crippen LogP contribution in [-0.4, -0.2) is 77.2 Å². The van der Waals surface area contributed by atoms with Crippen molar-refractivity contribution in [3.05, 3.63) is 0 Å². The first-order valence-corrected chi connectivity index (χ1v) is 9.97. The maximum Gasteiger partial charge on any atom is 0.339 e. The highest BCUT2D eigenvalue weighted by molar-refractivity contribution is 8.77. The molecule has 3 atom stereocenters. The van der Waals surface area contributed by atoms with Crippen LogP contribution in [-0.2, 0) is 19.2 Å². The Morgan fingerprint density at radius 2 is 1.65 bits per heavy atom. The van der Waals surface area contributed by atoms with Gasteiger partial charge in [0.2, 0.25) is 5.60 Å². The van der Waals surface area contributed by atoms with Crippen LogP contribution in [0.15, 0.2) is 0 Å². The molecule has 0 aliphatic carbocycles. The van der Waals surface area contributed by atoms with Crippen molar-refractivity contribution in [1.29, 1.82) is 0 Å². The molecule has 1 heterocycles. The Morgan fingerprint density at radius 1 is 1.04 bits per heavy atom. The number of hydrogen-bond donors (Lipinski definition) is 6. The van der Waals surface area contributed by atoms with Crippen LogP contribution in [0.25, 0.3) is 0 Å². The molecule has 12 heteroatoms. The third kappa shape index (κ3) is 9.27. The molecule has 0 saturated carbocycles. The van der Waals surface area contributed by atoms with E-state index in [1.807, 2.05) is 21.6 Å². The molecule has 150 valence electrons. The predicted octanol–water partition coefficient (Wildman–Crippen LogP) is 0.507. The summed E-state index contributed by atoms with van der Waals surface area (Å²) in [4.78, 5) is 40.8. The van der Waals surface area contributed by atoms with Crippen molar-refractivity contribution in [1.82, 2.24) is 0 Å². The van der Waals surface area contributed by atoms with Crippen LogP contribution in [0.5, 0.6) is 0 Å². The van der Waals surface area contributed by atoms with Crippen molar-refractivity contribution >= 4 is 45.5 Å². The number of carboxylic acid groups (broad SMARTS) is 4. The second kappa shape index (κ2) is 12.0. The van der Waals surface area contributed by atoms with E-state index in [-0.39, 0.29) is 0 Å². The molecule has 1 fully saturated rings. The quantitative estimate of drug-likeness (QED) is 0.215. The van der Waals surface area contributed by atoms with Crippen LogP contribution in [0.2, 0.25) is 0 Å². The van der Waals surface area contributed by atoms with Gasteiger partial charge in [0.15, 0.2) is 6.10 Å². The summed E-state index contributed by atoms with van der Waals surface area (Å²) in [6.07, 6.45) is 0.658. The Kier molecular flexibility index (Phi) is 11.3. The molecule has 26 heavy (non-hydrogen) atoms. The van der Waals surface area contributed by atoms with Gasteiger partial charge in [-0.1, -0.05) is 28.0 Å². The van der Waals surface area contributed by atoms with Gasteiger partial charge < -0.3 is 30.6 Å². The smallest absolute Gasteiger partial charge is 0.339 e. The first kappa shape index (κ1) is 24.5. The van der Waals surface area contributed by atoms with Gasteiger partial charge in [0, 0.05) is 17.4 Å². The zero-order chi connectivity index (χ0) is 20.3. The Morgan fingerprint density at radius 3 is 2.04 bits per heavy atom. The summed E-state index contributed by atoms with van der Waals surface area (Å²) in [5, 5.41) is 51.8. The van der Waals surface area contributed by atoms with Crippen LogP contribution >= 0.6 is 21.6 Å². The molecule has 0 aromatic carbocycles. The highest BCUT2D eigenvalue weighted by Gasteiger charge is 2.49. The minimum Gasteiger partial charge on any atom is -0.481 e. The van der Waals surface area contributed by atoms with E-state index in [0.29, 0.717) is 6.42 Å². The average molecular weight is 414 g/mol. The normalized spacial score (nSPS) is 19.5. The molecule has 1 rings (SSSR count). The topological polar surface area (TPSA) is 190 Å². The SMILES string of the molecule is O=C(O)CC(O)(C(=O)O)C(O)C(=O)O.O=C(O)CCCCC1CCSS1. The van der Waals surface area contributed by atoms with Gasteiger partial charge in [-0.3, -0.25) is 9.59 Å². The van der Waals surface area contributed by atoms with Crippen LogP contribution in [0.4, 0.5) is 0 Å². The van der Waals surface area contributed by atoms with E-state index in [2.05, 4.69) is 0 Å². The summed E-state index contributed by atoms with van der Waals surface area (Å²) in [7, 11) is 3.92. The van der Waals surface area contributed by atoms with Crippen molar-refractivity contribution in [2.24, 2.45) is 0 Å². The maximum atomic E-state index is 10.4. The summed E-state index contributed by atoms with van der Waals surface area (Å²) in [5.74, 6) is -5.27. The maximum absolute atomic E-state index is 10.4. The summed E-state index contributed by atoms with van der Waals surface area (Å²) in [6, 6.07) is 0. The van der Waals surface area contributed by atoms with Gasteiger partial charge in [-0.05, 0) is 19.3 Å². The van der Waals surface area contributed by atoms with E-state index < -0.39 is 42.0 Å². The van der Waals surface area contributed by atoms with Gasteiger partial charge in [0.1, 0.15) is 0 Å². The lowest BCUT2D eigenvalue weighted by molar-refractivity contribution is -0.187. The number of aliphatic hydroxyl groups is 2. The van der Waals surface area contributed by atoms with Crippen LogP contribution in [0.1, 0.15) is 38.5 Å². The third-order valence-electron chi connectivity index (χ3n) is 3.37. The molecule has 0 aromatic heterocycles. The largest absolute Gasteiger partial charge is 0.481 e. The number of hydrogen-bond acceptors (Lipinski definition) is 8. The minimum atomic E-state index is -3.22. The number of aliphatic carboxylic acids is 4. The molecular formula is C14H22O10S2. The molecule has 0 aromatic rings. The van der Waals surface area contributed by atoms with Gasteiger partial charge in [-0.25, -0.2) is 9.59 Å². The van der Waals surface area contributed by atoms with E-state index in [1.54, 1.807) is 0 Å². The molecular weight excluding hydrogens is 392 g/mol. The molecule has 0 spiro atoms. The van der Waals surface area contributed by atoms with Crippen LogP contribution in [0.3, 0.4) is 0 Å². The lowest BCUT2D eigenvalue weighted by atomic mass is 9.93. The molecule has 6 N–H and O–H groups in total. The summed E-state index contributed by atoms with van der Waals surface area (Å²) in [5.41, 5.74) is -3.22. The number of carboxylic acids is 4. The average Bonchev–Trinajstić information content (AvgIpc) is 3.03. The Labute approximate surface area is 157 Å². The second-order valence-electron chi connectivity index (χ2n) is 5.51. The first-order chi connectivity index (χ1) is 12.0. The van der Waals surface area contributed by atoms with Gasteiger partial charge in [-0.2, -0.15) is 0 Å². The third-order valence-corrected chi connectivity index (χ3v) is 6.38. The fraction of sp³-hybridized carbons (Fsp3) is 0.714. The van der Waals surface area contributed by atoms with Crippen molar-refractivity contribution in [3.63, 3.8) is 0 Å². The molecule has 3 unspecified atom stereocenters. The van der Waals surface area contributed by atoms with E-state index in [9.17, 15) is 19.2 Å². The van der Waals surface area contributed by atoms with Crippen molar-refractivity contribution in [2.75, 3.05) is 5.75 Å². The zero-order valence-corrected chi connectivity index (χ0v) is 15.4. The van der Waals surface area contributed by atoms with E-state index >= 15 is 0 Å².